The maximum Gasteiger partial charge on any atom is 0.230 e. The average Bonchev–Trinajstić information content (AvgIpc) is 3.28. The summed E-state index contributed by atoms with van der Waals surface area (Å²) in [5, 5.41) is 3.73. The third-order valence-corrected chi connectivity index (χ3v) is 4.48. The number of carbonyl (C=O) groups is 1. The zero-order valence-electron chi connectivity index (χ0n) is 12.0. The second-order valence-electron chi connectivity index (χ2n) is 5.73. The van der Waals surface area contributed by atoms with Gasteiger partial charge in [0.1, 0.15) is 0 Å². The molecule has 0 aliphatic heterocycles. The van der Waals surface area contributed by atoms with Crippen LogP contribution in [-0.4, -0.2) is 5.91 Å². The van der Waals surface area contributed by atoms with Crippen LogP contribution in [0.1, 0.15) is 29.5 Å². The Morgan fingerprint density at radius 3 is 2.43 bits per heavy atom. The smallest absolute Gasteiger partial charge is 0.230 e. The zero-order valence-corrected chi connectivity index (χ0v) is 12.8. The molecule has 3 heteroatoms. The summed E-state index contributed by atoms with van der Waals surface area (Å²) in [7, 11) is 0. The number of halogens is 1. The molecule has 0 aromatic heterocycles. The minimum absolute atomic E-state index is 0.0798. The van der Waals surface area contributed by atoms with E-state index in [9.17, 15) is 4.79 Å². The molecular weight excluding hydrogens is 282 g/mol. The van der Waals surface area contributed by atoms with Crippen molar-refractivity contribution in [2.45, 2.75) is 31.7 Å². The van der Waals surface area contributed by atoms with Gasteiger partial charge in [0.15, 0.2) is 0 Å². The molecule has 0 bridgehead atoms. The summed E-state index contributed by atoms with van der Waals surface area (Å²) in [4.78, 5) is 12.6. The van der Waals surface area contributed by atoms with Crippen molar-refractivity contribution >= 4 is 17.5 Å². The normalized spacial score (nSPS) is 15.5. The summed E-state index contributed by atoms with van der Waals surface area (Å²) in [5.41, 5.74) is 2.88. The molecule has 0 unspecified atom stereocenters. The van der Waals surface area contributed by atoms with E-state index in [1.807, 2.05) is 36.4 Å². The van der Waals surface area contributed by atoms with E-state index in [1.54, 1.807) is 0 Å². The Morgan fingerprint density at radius 2 is 1.81 bits per heavy atom. The molecule has 1 amide bonds. The van der Waals surface area contributed by atoms with Gasteiger partial charge >= 0.3 is 0 Å². The number of aryl methyl sites for hydroxylation is 1. The predicted octanol–water partition coefficient (Wildman–Crippen LogP) is 4.00. The Bertz CT molecular complexity index is 659. The molecule has 1 aliphatic rings. The molecule has 0 atom stereocenters. The Balaban J connectivity index is 1.71. The number of hydrogen-bond acceptors (Lipinski definition) is 1. The molecule has 2 aromatic carbocycles. The van der Waals surface area contributed by atoms with Gasteiger partial charge in [0, 0.05) is 11.6 Å². The van der Waals surface area contributed by atoms with Crippen molar-refractivity contribution in [2.75, 3.05) is 0 Å². The van der Waals surface area contributed by atoms with Gasteiger partial charge in [0.05, 0.1) is 5.41 Å². The predicted molar refractivity (Wildman–Crippen MR) is 85.4 cm³/mol. The Hall–Kier alpha value is -1.80. The molecule has 0 radical (unpaired) electrons. The number of hydrogen-bond donors (Lipinski definition) is 1. The highest BCUT2D eigenvalue weighted by Crippen LogP contribution is 2.50. The van der Waals surface area contributed by atoms with E-state index in [-0.39, 0.29) is 5.91 Å². The highest BCUT2D eigenvalue weighted by Gasteiger charge is 2.52. The third-order valence-electron chi connectivity index (χ3n) is 4.15. The number of carbonyl (C=O) groups excluding carboxylic acids is 1. The van der Waals surface area contributed by atoms with Gasteiger partial charge in [-0.2, -0.15) is 0 Å². The third kappa shape index (κ3) is 2.81. The van der Waals surface area contributed by atoms with Crippen LogP contribution in [0.4, 0.5) is 0 Å². The van der Waals surface area contributed by atoms with Gasteiger partial charge in [-0.1, -0.05) is 59.6 Å². The van der Waals surface area contributed by atoms with Crippen LogP contribution in [0.3, 0.4) is 0 Å². The van der Waals surface area contributed by atoms with Crippen molar-refractivity contribution < 1.29 is 4.79 Å². The first-order chi connectivity index (χ1) is 10.1. The lowest BCUT2D eigenvalue weighted by Gasteiger charge is -2.17. The maximum atomic E-state index is 12.6. The van der Waals surface area contributed by atoms with Crippen molar-refractivity contribution in [1.29, 1.82) is 0 Å². The number of nitrogens with one attached hydrogen (secondary N) is 1. The first-order valence-electron chi connectivity index (χ1n) is 7.21. The van der Waals surface area contributed by atoms with Gasteiger partial charge in [-0.15, -0.1) is 0 Å². The van der Waals surface area contributed by atoms with Crippen LogP contribution in [0.5, 0.6) is 0 Å². The summed E-state index contributed by atoms with van der Waals surface area (Å²) < 4.78 is 0. The van der Waals surface area contributed by atoms with Crippen LogP contribution < -0.4 is 5.32 Å². The summed E-state index contributed by atoms with van der Waals surface area (Å²) in [6.07, 6.45) is 1.74. The molecule has 0 saturated heterocycles. The molecule has 1 N–H and O–H groups in total. The standard InChI is InChI=1S/C18H18ClNO/c1-13-6-8-14(9-7-13)12-20-17(21)18(10-11-18)15-4-2-3-5-16(15)19/h2-9H,10-12H2,1H3,(H,20,21). The van der Waals surface area contributed by atoms with Crippen LogP contribution in [0, 0.1) is 6.92 Å². The van der Waals surface area contributed by atoms with Gasteiger partial charge in [-0.05, 0) is 37.0 Å². The van der Waals surface area contributed by atoms with Crippen LogP contribution in [-0.2, 0) is 16.8 Å². The van der Waals surface area contributed by atoms with E-state index in [2.05, 4.69) is 24.4 Å². The van der Waals surface area contributed by atoms with Crippen LogP contribution in [0.15, 0.2) is 48.5 Å². The van der Waals surface area contributed by atoms with Gasteiger partial charge in [0.25, 0.3) is 0 Å². The molecule has 108 valence electrons. The van der Waals surface area contributed by atoms with E-state index >= 15 is 0 Å². The molecule has 1 aliphatic carbocycles. The highest BCUT2D eigenvalue weighted by molar-refractivity contribution is 6.31. The molecule has 2 nitrogen and oxygen atoms in total. The van der Waals surface area contributed by atoms with E-state index in [4.69, 9.17) is 11.6 Å². The molecule has 1 saturated carbocycles. The minimum Gasteiger partial charge on any atom is -0.351 e. The summed E-state index contributed by atoms with van der Waals surface area (Å²) in [6, 6.07) is 15.9. The Kier molecular flexibility index (Phi) is 3.73. The fraction of sp³-hybridized carbons (Fsp3) is 0.278. The highest BCUT2D eigenvalue weighted by atomic mass is 35.5. The lowest BCUT2D eigenvalue weighted by molar-refractivity contribution is -0.123. The fourth-order valence-electron chi connectivity index (χ4n) is 2.65. The Labute approximate surface area is 130 Å². The van der Waals surface area contributed by atoms with Gasteiger partial charge in [-0.3, -0.25) is 4.79 Å². The van der Waals surface area contributed by atoms with Crippen LogP contribution >= 0.6 is 11.6 Å². The minimum atomic E-state index is -0.414. The molecule has 0 spiro atoms. The summed E-state index contributed by atoms with van der Waals surface area (Å²) in [6.45, 7) is 2.62. The second-order valence-corrected chi connectivity index (χ2v) is 6.14. The van der Waals surface area contributed by atoms with E-state index in [0.29, 0.717) is 11.6 Å². The summed E-state index contributed by atoms with van der Waals surface area (Å²) in [5.74, 6) is 0.0798. The van der Waals surface area contributed by atoms with E-state index in [1.165, 1.54) is 5.56 Å². The number of benzene rings is 2. The quantitative estimate of drug-likeness (QED) is 0.908. The maximum absolute atomic E-state index is 12.6. The SMILES string of the molecule is Cc1ccc(CNC(=O)C2(c3ccccc3Cl)CC2)cc1. The number of amides is 1. The second kappa shape index (κ2) is 5.53. The monoisotopic (exact) mass is 299 g/mol. The first-order valence-corrected chi connectivity index (χ1v) is 7.58. The van der Waals surface area contributed by atoms with Crippen LogP contribution in [0.2, 0.25) is 5.02 Å². The largest absolute Gasteiger partial charge is 0.351 e. The molecule has 0 heterocycles. The molecule has 3 rings (SSSR count). The van der Waals surface area contributed by atoms with Gasteiger partial charge in [-0.25, -0.2) is 0 Å². The lowest BCUT2D eigenvalue weighted by Crippen LogP contribution is -2.34. The van der Waals surface area contributed by atoms with Crippen molar-refractivity contribution in [3.8, 4) is 0 Å². The molecule has 1 fully saturated rings. The fourth-order valence-corrected chi connectivity index (χ4v) is 2.97. The van der Waals surface area contributed by atoms with E-state index < -0.39 is 5.41 Å². The van der Waals surface area contributed by atoms with Crippen molar-refractivity contribution in [2.24, 2.45) is 0 Å². The van der Waals surface area contributed by atoms with E-state index in [0.717, 1.165) is 24.0 Å². The summed E-state index contributed by atoms with van der Waals surface area (Å²) >= 11 is 6.25. The lowest BCUT2D eigenvalue weighted by atomic mass is 9.95. The molecular formula is C18H18ClNO. The van der Waals surface area contributed by atoms with Crippen molar-refractivity contribution in [1.82, 2.24) is 5.32 Å². The zero-order chi connectivity index (χ0) is 14.9. The Morgan fingerprint density at radius 1 is 1.14 bits per heavy atom. The topological polar surface area (TPSA) is 29.1 Å². The van der Waals surface area contributed by atoms with Gasteiger partial charge < -0.3 is 5.32 Å². The van der Waals surface area contributed by atoms with Crippen molar-refractivity contribution in [3.63, 3.8) is 0 Å². The number of rotatable bonds is 4. The van der Waals surface area contributed by atoms with Gasteiger partial charge in [0.2, 0.25) is 5.91 Å². The van der Waals surface area contributed by atoms with Crippen molar-refractivity contribution in [3.05, 3.63) is 70.2 Å². The molecule has 2 aromatic rings. The first kappa shape index (κ1) is 14.2. The molecule has 21 heavy (non-hydrogen) atoms. The average molecular weight is 300 g/mol. The van der Waals surface area contributed by atoms with Crippen LogP contribution in [0.25, 0.3) is 0 Å².